The zero-order valence-electron chi connectivity index (χ0n) is 12.7. The Bertz CT molecular complexity index is 707. The van der Waals surface area contributed by atoms with E-state index in [2.05, 4.69) is 10.5 Å². The van der Waals surface area contributed by atoms with E-state index in [-0.39, 0.29) is 11.7 Å². The van der Waals surface area contributed by atoms with Gasteiger partial charge in [0.1, 0.15) is 11.5 Å². The third-order valence-electron chi connectivity index (χ3n) is 3.15. The van der Waals surface area contributed by atoms with Crippen molar-refractivity contribution in [2.75, 3.05) is 7.11 Å². The van der Waals surface area contributed by atoms with Crippen LogP contribution in [0.4, 0.5) is 0 Å². The zero-order chi connectivity index (χ0) is 16.1. The fraction of sp³-hybridized carbons (Fsp3) is 0.250. The van der Waals surface area contributed by atoms with Crippen LogP contribution in [0.2, 0.25) is 0 Å². The number of aryl methyl sites for hydroxylation is 1. The molecule has 5 nitrogen and oxygen atoms in total. The number of phenols is 1. The van der Waals surface area contributed by atoms with Crippen LogP contribution in [0.5, 0.6) is 11.5 Å². The Balaban J connectivity index is 2.10. The molecule has 2 aromatic rings. The van der Waals surface area contributed by atoms with Crippen LogP contribution in [0.15, 0.2) is 35.4 Å². The SMILES string of the molecule is CCc1ccc(C(=O)N/N=C(\C)c2ccc(OC)cc2O)s1. The standard InChI is InChI=1S/C16H18N2O3S/c1-4-12-6-8-15(22-12)16(20)18-17-10(2)13-7-5-11(21-3)9-14(13)19/h5-9,19H,4H2,1-3H3,(H,18,20)/b17-10+. The van der Waals surface area contributed by atoms with E-state index in [1.54, 1.807) is 25.1 Å². The van der Waals surface area contributed by atoms with Gasteiger partial charge in [0.2, 0.25) is 0 Å². The third-order valence-corrected chi connectivity index (χ3v) is 4.38. The third kappa shape index (κ3) is 3.65. The highest BCUT2D eigenvalue weighted by Gasteiger charge is 2.10. The van der Waals surface area contributed by atoms with Gasteiger partial charge in [-0.1, -0.05) is 6.92 Å². The van der Waals surface area contributed by atoms with E-state index < -0.39 is 0 Å². The Hall–Kier alpha value is -2.34. The lowest BCUT2D eigenvalue weighted by Gasteiger charge is -2.06. The Kier molecular flexibility index (Phi) is 5.16. The molecule has 1 aromatic carbocycles. The highest BCUT2D eigenvalue weighted by atomic mass is 32.1. The number of carbonyl (C=O) groups excluding carboxylic acids is 1. The molecule has 0 saturated carbocycles. The van der Waals surface area contributed by atoms with E-state index >= 15 is 0 Å². The van der Waals surface area contributed by atoms with Gasteiger partial charge in [0.25, 0.3) is 5.91 Å². The van der Waals surface area contributed by atoms with E-state index in [9.17, 15) is 9.90 Å². The number of carbonyl (C=O) groups is 1. The summed E-state index contributed by atoms with van der Waals surface area (Å²) in [6, 6.07) is 8.64. The highest BCUT2D eigenvalue weighted by molar-refractivity contribution is 7.14. The molecule has 0 aliphatic rings. The Morgan fingerprint density at radius 3 is 2.73 bits per heavy atom. The van der Waals surface area contributed by atoms with Gasteiger partial charge in [0, 0.05) is 16.5 Å². The molecule has 1 heterocycles. The number of hydrogen-bond acceptors (Lipinski definition) is 5. The number of aromatic hydroxyl groups is 1. The molecule has 2 N–H and O–H groups in total. The van der Waals surface area contributed by atoms with Crippen molar-refractivity contribution in [2.45, 2.75) is 20.3 Å². The van der Waals surface area contributed by atoms with Gasteiger partial charge in [-0.25, -0.2) is 5.43 Å². The van der Waals surface area contributed by atoms with E-state index in [0.717, 1.165) is 11.3 Å². The Labute approximate surface area is 133 Å². The molecule has 0 spiro atoms. The minimum absolute atomic E-state index is 0.0549. The number of methoxy groups -OCH3 is 1. The number of hydrogen-bond donors (Lipinski definition) is 2. The van der Waals surface area contributed by atoms with Crippen molar-refractivity contribution in [3.63, 3.8) is 0 Å². The van der Waals surface area contributed by atoms with Crippen LogP contribution in [-0.2, 0) is 6.42 Å². The minimum Gasteiger partial charge on any atom is -0.507 e. The van der Waals surface area contributed by atoms with Crippen LogP contribution < -0.4 is 10.2 Å². The molecule has 6 heteroatoms. The van der Waals surface area contributed by atoms with Gasteiger partial charge in [-0.15, -0.1) is 11.3 Å². The first-order valence-corrected chi connectivity index (χ1v) is 7.67. The summed E-state index contributed by atoms with van der Waals surface area (Å²) >= 11 is 1.45. The monoisotopic (exact) mass is 318 g/mol. The summed E-state index contributed by atoms with van der Waals surface area (Å²) in [6.07, 6.45) is 0.903. The maximum atomic E-state index is 12.0. The van der Waals surface area contributed by atoms with Gasteiger partial charge in [-0.05, 0) is 37.6 Å². The number of benzene rings is 1. The molecule has 0 aliphatic heterocycles. The van der Waals surface area contributed by atoms with Gasteiger partial charge in [-0.3, -0.25) is 4.79 Å². The summed E-state index contributed by atoms with van der Waals surface area (Å²) in [5.74, 6) is 0.361. The first-order valence-electron chi connectivity index (χ1n) is 6.85. The van der Waals surface area contributed by atoms with Crippen molar-refractivity contribution in [2.24, 2.45) is 5.10 Å². The first-order chi connectivity index (χ1) is 10.5. The molecule has 2 rings (SSSR count). The van der Waals surface area contributed by atoms with Gasteiger partial charge in [-0.2, -0.15) is 5.10 Å². The number of hydrazone groups is 1. The number of phenolic OH excluding ortho intramolecular Hbond substituents is 1. The summed E-state index contributed by atoms with van der Waals surface area (Å²) in [4.78, 5) is 13.8. The topological polar surface area (TPSA) is 70.9 Å². The van der Waals surface area contributed by atoms with Gasteiger partial charge in [0.15, 0.2) is 0 Å². The average Bonchev–Trinajstić information content (AvgIpc) is 3.01. The van der Waals surface area contributed by atoms with Crippen LogP contribution in [0.25, 0.3) is 0 Å². The fourth-order valence-electron chi connectivity index (χ4n) is 1.88. The molecule has 1 amide bonds. The van der Waals surface area contributed by atoms with E-state index in [4.69, 9.17) is 4.74 Å². The molecular formula is C16H18N2O3S. The van der Waals surface area contributed by atoms with Crippen LogP contribution in [0.1, 0.15) is 34.0 Å². The lowest BCUT2D eigenvalue weighted by atomic mass is 10.1. The number of amides is 1. The second-order valence-corrected chi connectivity index (χ2v) is 5.81. The average molecular weight is 318 g/mol. The molecule has 0 bridgehead atoms. The van der Waals surface area contributed by atoms with E-state index in [1.165, 1.54) is 24.5 Å². The second kappa shape index (κ2) is 7.09. The molecule has 0 fully saturated rings. The molecule has 1 aromatic heterocycles. The Morgan fingerprint density at radius 2 is 2.14 bits per heavy atom. The number of rotatable bonds is 5. The molecule has 116 valence electrons. The van der Waals surface area contributed by atoms with Crippen molar-refractivity contribution in [1.82, 2.24) is 5.43 Å². The zero-order valence-corrected chi connectivity index (χ0v) is 13.5. The molecule has 0 unspecified atom stereocenters. The molecule has 0 radical (unpaired) electrons. The van der Waals surface area contributed by atoms with Crippen molar-refractivity contribution in [1.29, 1.82) is 0 Å². The molecule has 0 saturated heterocycles. The smallest absolute Gasteiger partial charge is 0.281 e. The predicted octanol–water partition coefficient (Wildman–Crippen LogP) is 3.18. The van der Waals surface area contributed by atoms with Crippen molar-refractivity contribution < 1.29 is 14.6 Å². The summed E-state index contributed by atoms with van der Waals surface area (Å²) in [6.45, 7) is 3.76. The van der Waals surface area contributed by atoms with Gasteiger partial charge in [0.05, 0.1) is 17.7 Å². The number of ether oxygens (including phenoxy) is 1. The number of thiophene rings is 1. The van der Waals surface area contributed by atoms with Crippen molar-refractivity contribution in [3.05, 3.63) is 45.6 Å². The lowest BCUT2D eigenvalue weighted by molar-refractivity contribution is 0.0959. The predicted molar refractivity (Wildman–Crippen MR) is 88.0 cm³/mol. The maximum absolute atomic E-state index is 12.0. The summed E-state index contributed by atoms with van der Waals surface area (Å²) < 4.78 is 5.03. The van der Waals surface area contributed by atoms with E-state index in [1.807, 2.05) is 13.0 Å². The van der Waals surface area contributed by atoms with Crippen LogP contribution in [0, 0.1) is 0 Å². The fourth-order valence-corrected chi connectivity index (χ4v) is 2.72. The summed E-state index contributed by atoms with van der Waals surface area (Å²) in [7, 11) is 1.53. The molecule has 22 heavy (non-hydrogen) atoms. The van der Waals surface area contributed by atoms with Gasteiger partial charge >= 0.3 is 0 Å². The minimum atomic E-state index is -0.253. The normalized spacial score (nSPS) is 11.3. The number of nitrogens with one attached hydrogen (secondary N) is 1. The summed E-state index contributed by atoms with van der Waals surface area (Å²) in [5.41, 5.74) is 3.57. The van der Waals surface area contributed by atoms with Crippen molar-refractivity contribution in [3.8, 4) is 11.5 Å². The highest BCUT2D eigenvalue weighted by Crippen LogP contribution is 2.24. The summed E-state index contributed by atoms with van der Waals surface area (Å²) in [5, 5.41) is 14.0. The van der Waals surface area contributed by atoms with Gasteiger partial charge < -0.3 is 9.84 Å². The largest absolute Gasteiger partial charge is 0.507 e. The van der Waals surface area contributed by atoms with Crippen molar-refractivity contribution >= 4 is 23.0 Å². The maximum Gasteiger partial charge on any atom is 0.281 e. The lowest BCUT2D eigenvalue weighted by Crippen LogP contribution is -2.18. The molecular weight excluding hydrogens is 300 g/mol. The molecule has 0 atom stereocenters. The number of nitrogens with zero attached hydrogens (tertiary/aromatic N) is 1. The quantitative estimate of drug-likeness (QED) is 0.657. The Morgan fingerprint density at radius 1 is 1.36 bits per heavy atom. The first kappa shape index (κ1) is 16.0. The molecule has 0 aliphatic carbocycles. The van der Waals surface area contributed by atoms with Crippen LogP contribution >= 0.6 is 11.3 Å². The van der Waals surface area contributed by atoms with E-state index in [0.29, 0.717) is 21.9 Å². The van der Waals surface area contributed by atoms with Crippen LogP contribution in [0.3, 0.4) is 0 Å². The van der Waals surface area contributed by atoms with Crippen LogP contribution in [-0.4, -0.2) is 23.8 Å². The second-order valence-electron chi connectivity index (χ2n) is 4.64.